The highest BCUT2D eigenvalue weighted by molar-refractivity contribution is 7.92. The Kier molecular flexibility index (Phi) is 9.15. The third-order valence-corrected chi connectivity index (χ3v) is 9.96. The molecule has 1 amide bonds. The fraction of sp³-hybridized carbons (Fsp3) is 0.630. The molecule has 12 heteroatoms. The van der Waals surface area contributed by atoms with Crippen molar-refractivity contribution in [3.05, 3.63) is 51.9 Å². The summed E-state index contributed by atoms with van der Waals surface area (Å²) in [5.41, 5.74) is 1.37. The van der Waals surface area contributed by atoms with Crippen molar-refractivity contribution in [1.29, 1.82) is 0 Å². The fourth-order valence-corrected chi connectivity index (χ4v) is 7.59. The number of nitrogens with zero attached hydrogens (tertiary/aromatic N) is 2. The number of amides is 1. The first-order valence-corrected chi connectivity index (χ1v) is 15.3. The van der Waals surface area contributed by atoms with Gasteiger partial charge in [0, 0.05) is 55.8 Å². The molecular formula is C27H39F2N5O4S. The summed E-state index contributed by atoms with van der Waals surface area (Å²) >= 11 is 0. The zero-order chi connectivity index (χ0) is 28.2. The van der Waals surface area contributed by atoms with E-state index < -0.39 is 15.9 Å². The number of sulfonamides is 1. The molecule has 1 aromatic carbocycles. The molecule has 2 aromatic rings. The molecule has 1 aliphatic heterocycles. The van der Waals surface area contributed by atoms with Gasteiger partial charge in [0.05, 0.1) is 17.9 Å². The Morgan fingerprint density at radius 2 is 1.77 bits per heavy atom. The number of H-pyrrole nitrogens is 2. The summed E-state index contributed by atoms with van der Waals surface area (Å²) < 4.78 is 55.8. The number of hydrogen-bond acceptors (Lipinski definition) is 5. The Morgan fingerprint density at radius 3 is 2.36 bits per heavy atom. The first kappa shape index (κ1) is 29.3. The van der Waals surface area contributed by atoms with Gasteiger partial charge >= 0.3 is 0 Å². The van der Waals surface area contributed by atoms with Crippen LogP contribution < -0.4 is 15.2 Å². The molecule has 1 atom stereocenters. The van der Waals surface area contributed by atoms with Gasteiger partial charge in [0.2, 0.25) is 21.9 Å². The third kappa shape index (κ3) is 7.69. The monoisotopic (exact) mass is 567 g/mol. The Morgan fingerprint density at radius 1 is 1.13 bits per heavy atom. The largest absolute Gasteiger partial charge is 0.353 e. The summed E-state index contributed by atoms with van der Waals surface area (Å²) in [5.74, 6) is -3.31. The topological polar surface area (TPSA) is 118 Å². The van der Waals surface area contributed by atoms with Crippen LogP contribution in [-0.2, 0) is 21.2 Å². The van der Waals surface area contributed by atoms with Gasteiger partial charge in [-0.25, -0.2) is 17.2 Å². The minimum atomic E-state index is -3.73. The van der Waals surface area contributed by atoms with Crippen molar-refractivity contribution < 1.29 is 22.0 Å². The minimum absolute atomic E-state index is 0.0160. The quantitative estimate of drug-likeness (QED) is 0.408. The van der Waals surface area contributed by atoms with E-state index in [0.717, 1.165) is 0 Å². The van der Waals surface area contributed by atoms with E-state index in [4.69, 9.17) is 0 Å². The lowest BCUT2D eigenvalue weighted by atomic mass is 9.88. The molecule has 1 aliphatic carbocycles. The maximum atomic E-state index is 13.6. The van der Waals surface area contributed by atoms with E-state index in [2.05, 4.69) is 20.4 Å². The van der Waals surface area contributed by atoms with Gasteiger partial charge in [-0.15, -0.1) is 0 Å². The van der Waals surface area contributed by atoms with Crippen molar-refractivity contribution >= 4 is 21.6 Å². The molecular weight excluding hydrogens is 528 g/mol. The highest BCUT2D eigenvalue weighted by Crippen LogP contribution is 2.37. The second kappa shape index (κ2) is 12.2. The fourth-order valence-electron chi connectivity index (χ4n) is 5.59. The molecule has 9 nitrogen and oxygen atoms in total. The van der Waals surface area contributed by atoms with Crippen LogP contribution in [0.25, 0.3) is 0 Å². The second-order valence-electron chi connectivity index (χ2n) is 11.0. The number of rotatable bonds is 10. The molecule has 1 saturated carbocycles. The number of anilines is 1. The Labute approximate surface area is 228 Å². The minimum Gasteiger partial charge on any atom is -0.353 e. The highest BCUT2D eigenvalue weighted by Gasteiger charge is 2.38. The predicted octanol–water partition coefficient (Wildman–Crippen LogP) is 3.18. The van der Waals surface area contributed by atoms with Crippen LogP contribution >= 0.6 is 0 Å². The Hall–Kier alpha value is -2.73. The number of carbonyl (C=O) groups is 1. The number of aryl methyl sites for hydroxylation is 1. The van der Waals surface area contributed by atoms with Crippen LogP contribution in [0.2, 0.25) is 0 Å². The van der Waals surface area contributed by atoms with Gasteiger partial charge < -0.3 is 10.4 Å². The number of likely N-dealkylation sites (tertiary alicyclic amines) is 1. The number of carbonyl (C=O) groups excluding carboxylic acids is 1. The van der Waals surface area contributed by atoms with Gasteiger partial charge in [-0.2, -0.15) is 0 Å². The van der Waals surface area contributed by atoms with Crippen molar-refractivity contribution in [3.8, 4) is 0 Å². The van der Waals surface area contributed by atoms with Crippen LogP contribution in [0.1, 0.15) is 56.7 Å². The first-order valence-electron chi connectivity index (χ1n) is 13.7. The third-order valence-electron chi connectivity index (χ3n) is 8.04. The summed E-state index contributed by atoms with van der Waals surface area (Å²) in [6.45, 7) is 5.37. The zero-order valence-corrected chi connectivity index (χ0v) is 23.4. The van der Waals surface area contributed by atoms with Crippen molar-refractivity contribution in [2.45, 2.75) is 76.8 Å². The lowest BCUT2D eigenvalue weighted by Gasteiger charge is -2.39. The van der Waals surface area contributed by atoms with Crippen LogP contribution in [0.3, 0.4) is 0 Å². The van der Waals surface area contributed by atoms with Crippen LogP contribution in [0, 0.1) is 12.8 Å². The van der Waals surface area contributed by atoms with E-state index in [-0.39, 0.29) is 73.9 Å². The molecule has 1 saturated heterocycles. The van der Waals surface area contributed by atoms with E-state index in [0.29, 0.717) is 42.9 Å². The van der Waals surface area contributed by atoms with E-state index in [1.165, 1.54) is 4.31 Å². The molecule has 1 aromatic heterocycles. The molecule has 3 N–H and O–H groups in total. The summed E-state index contributed by atoms with van der Waals surface area (Å²) in [6, 6.07) is 8.83. The number of piperidine rings is 1. The van der Waals surface area contributed by atoms with Crippen molar-refractivity contribution in [2.75, 3.05) is 29.7 Å². The predicted molar refractivity (Wildman–Crippen MR) is 147 cm³/mol. The summed E-state index contributed by atoms with van der Waals surface area (Å²) in [7, 11) is -3.73. The first-order chi connectivity index (χ1) is 18.4. The number of para-hydroxylation sites is 1. The lowest BCUT2D eigenvalue weighted by Crippen LogP contribution is -2.51. The lowest BCUT2D eigenvalue weighted by molar-refractivity contribution is -0.121. The molecule has 39 heavy (non-hydrogen) atoms. The van der Waals surface area contributed by atoms with Crippen LogP contribution in [0.4, 0.5) is 14.5 Å². The standard InChI is InChI=1S/C27H39F2N5O4S/c1-19(33-14-10-22(11-15-33)30-25(35)16-24-20(2)31-32-26(24)36)17-34(23-6-4-3-5-7-23)39(37,38)18-21-8-12-27(28,29)13-9-21/h3-7,19,21-22H,8-18H2,1-2H3,(H,30,35)(H2,31,32,36)/t19-/m1/s1. The average Bonchev–Trinajstić information content (AvgIpc) is 3.21. The van der Waals surface area contributed by atoms with Gasteiger partial charge in [0.1, 0.15) is 0 Å². The van der Waals surface area contributed by atoms with Gasteiger partial charge in [0.15, 0.2) is 0 Å². The number of nitrogens with one attached hydrogen (secondary N) is 3. The zero-order valence-electron chi connectivity index (χ0n) is 22.6. The smallest absolute Gasteiger partial charge is 0.267 e. The molecule has 2 fully saturated rings. The number of halogens is 2. The van der Waals surface area contributed by atoms with E-state index in [9.17, 15) is 26.8 Å². The molecule has 4 rings (SSSR count). The van der Waals surface area contributed by atoms with E-state index >= 15 is 0 Å². The number of aromatic amines is 2. The maximum absolute atomic E-state index is 13.6. The molecule has 2 aliphatic rings. The number of alkyl halides is 2. The maximum Gasteiger partial charge on any atom is 0.267 e. The molecule has 216 valence electrons. The van der Waals surface area contributed by atoms with Gasteiger partial charge in [0.25, 0.3) is 5.56 Å². The summed E-state index contributed by atoms with van der Waals surface area (Å²) in [4.78, 5) is 26.6. The second-order valence-corrected chi connectivity index (χ2v) is 13.0. The van der Waals surface area contributed by atoms with Crippen LogP contribution in [0.15, 0.2) is 35.1 Å². The highest BCUT2D eigenvalue weighted by atomic mass is 32.2. The van der Waals surface area contributed by atoms with E-state index in [1.807, 2.05) is 13.0 Å². The average molecular weight is 568 g/mol. The SMILES string of the molecule is Cc1[nH][nH]c(=O)c1CC(=O)NC1CCN([C@H](C)CN(c2ccccc2)S(=O)(=O)CC2CCC(F)(F)CC2)CC1. The molecule has 0 bridgehead atoms. The molecule has 0 unspecified atom stereocenters. The van der Waals surface area contributed by atoms with Crippen molar-refractivity contribution in [1.82, 2.24) is 20.4 Å². The molecule has 0 radical (unpaired) electrons. The Balaban J connectivity index is 1.34. The van der Waals surface area contributed by atoms with Gasteiger partial charge in [-0.3, -0.25) is 23.9 Å². The molecule has 2 heterocycles. The Bertz CT molecular complexity index is 1260. The van der Waals surface area contributed by atoms with Gasteiger partial charge in [-0.05, 0) is 57.6 Å². The van der Waals surface area contributed by atoms with Crippen molar-refractivity contribution in [2.24, 2.45) is 5.92 Å². The number of benzene rings is 1. The van der Waals surface area contributed by atoms with Gasteiger partial charge in [-0.1, -0.05) is 18.2 Å². The molecule has 0 spiro atoms. The van der Waals surface area contributed by atoms with Crippen molar-refractivity contribution in [3.63, 3.8) is 0 Å². The van der Waals surface area contributed by atoms with E-state index in [1.54, 1.807) is 31.2 Å². The number of hydrogen-bond donors (Lipinski definition) is 3. The summed E-state index contributed by atoms with van der Waals surface area (Å²) in [5, 5.41) is 8.23. The number of aromatic nitrogens is 2. The summed E-state index contributed by atoms with van der Waals surface area (Å²) in [6.07, 6.45) is 1.34. The van der Waals surface area contributed by atoms with Crippen LogP contribution in [-0.4, -0.2) is 72.8 Å². The normalized spacial score (nSPS) is 20.0. The van der Waals surface area contributed by atoms with Crippen LogP contribution in [0.5, 0.6) is 0 Å².